The Balaban J connectivity index is 1.66. The summed E-state index contributed by atoms with van der Waals surface area (Å²) in [6.45, 7) is 1.57. The highest BCUT2D eigenvalue weighted by Crippen LogP contribution is 2.34. The van der Waals surface area contributed by atoms with E-state index in [-0.39, 0.29) is 25.8 Å². The highest BCUT2D eigenvalue weighted by Gasteiger charge is 2.27. The minimum atomic E-state index is -3.72. The van der Waals surface area contributed by atoms with E-state index in [0.717, 1.165) is 6.26 Å². The van der Waals surface area contributed by atoms with Gasteiger partial charge in [-0.1, -0.05) is 31.4 Å². The molecule has 4 rings (SSSR count). The lowest BCUT2D eigenvalue weighted by molar-refractivity contribution is 0.0741. The molecule has 0 aliphatic heterocycles. The summed E-state index contributed by atoms with van der Waals surface area (Å²) in [7, 11) is -3.72. The number of rotatable bonds is 4. The minimum Gasteiger partial charge on any atom is -0.422 e. The van der Waals surface area contributed by atoms with Gasteiger partial charge in [-0.15, -0.1) is 11.3 Å². The van der Waals surface area contributed by atoms with Gasteiger partial charge >= 0.3 is 5.97 Å². The molecule has 0 unspecified atom stereocenters. The van der Waals surface area contributed by atoms with Crippen LogP contribution in [0.3, 0.4) is 0 Å². The van der Waals surface area contributed by atoms with E-state index >= 15 is 0 Å². The Bertz CT molecular complexity index is 1270. The topological polar surface area (TPSA) is 106 Å². The van der Waals surface area contributed by atoms with Crippen molar-refractivity contribution >= 4 is 38.0 Å². The third-order valence-electron chi connectivity index (χ3n) is 5.34. The third-order valence-corrected chi connectivity index (χ3v) is 8.33. The van der Waals surface area contributed by atoms with Gasteiger partial charge in [-0.05, 0) is 43.4 Å². The van der Waals surface area contributed by atoms with Crippen LogP contribution in [0.2, 0.25) is 0 Å². The zero-order valence-corrected chi connectivity index (χ0v) is 18.4. The number of aromatic amines is 1. The van der Waals surface area contributed by atoms with Crippen LogP contribution in [-0.4, -0.2) is 30.6 Å². The summed E-state index contributed by atoms with van der Waals surface area (Å²) in [5.74, 6) is 0.462. The summed E-state index contributed by atoms with van der Waals surface area (Å²) in [5.41, 5.74) is 0.690. The van der Waals surface area contributed by atoms with Gasteiger partial charge in [-0.25, -0.2) is 18.2 Å². The van der Waals surface area contributed by atoms with Crippen molar-refractivity contribution in [2.24, 2.45) is 0 Å². The number of carbonyl (C=O) groups excluding carboxylic acids is 1. The van der Waals surface area contributed by atoms with Crippen LogP contribution in [0.1, 0.15) is 59.1 Å². The first-order chi connectivity index (χ1) is 14.2. The number of ether oxygens (including phenoxy) is 1. The standard InChI is InChI=1S/C21H22N2O5S2/c1-12-22-17-16(19(24)23-12)21(30(2,26)27)29-18(17)20(25)28-15-10-8-14(9-11-15)13-6-4-3-5-7-13/h8-11,13H,3-7H2,1-2H3,(H,22,23,24). The molecule has 1 aromatic carbocycles. The Labute approximate surface area is 178 Å². The van der Waals surface area contributed by atoms with E-state index in [2.05, 4.69) is 9.97 Å². The van der Waals surface area contributed by atoms with E-state index in [1.54, 1.807) is 19.1 Å². The Morgan fingerprint density at radius 3 is 2.47 bits per heavy atom. The molecule has 0 bridgehead atoms. The first-order valence-corrected chi connectivity index (χ1v) is 12.5. The number of thiophene rings is 1. The SMILES string of the molecule is Cc1nc2c(C(=O)Oc3ccc(C4CCCCC4)cc3)sc(S(C)(=O)=O)c2c(=O)[nH]1. The fraction of sp³-hybridized carbons (Fsp3) is 0.381. The van der Waals surface area contributed by atoms with Gasteiger partial charge in [0.15, 0.2) is 9.84 Å². The van der Waals surface area contributed by atoms with E-state index in [0.29, 0.717) is 23.0 Å². The second kappa shape index (κ2) is 7.96. The van der Waals surface area contributed by atoms with Crippen LogP contribution in [0.15, 0.2) is 33.3 Å². The van der Waals surface area contributed by atoms with Crippen molar-refractivity contribution in [2.45, 2.75) is 49.2 Å². The van der Waals surface area contributed by atoms with E-state index in [1.807, 2.05) is 12.1 Å². The molecule has 30 heavy (non-hydrogen) atoms. The van der Waals surface area contributed by atoms with Gasteiger partial charge in [-0.2, -0.15) is 0 Å². The van der Waals surface area contributed by atoms with E-state index < -0.39 is 21.4 Å². The van der Waals surface area contributed by atoms with Crippen molar-refractivity contribution in [3.63, 3.8) is 0 Å². The van der Waals surface area contributed by atoms with E-state index in [4.69, 9.17) is 4.74 Å². The summed E-state index contributed by atoms with van der Waals surface area (Å²) in [6.07, 6.45) is 7.11. The van der Waals surface area contributed by atoms with Crippen molar-refractivity contribution in [2.75, 3.05) is 6.26 Å². The molecule has 158 valence electrons. The molecular formula is C21H22N2O5S2. The van der Waals surface area contributed by atoms with Gasteiger partial charge in [0.25, 0.3) is 5.56 Å². The van der Waals surface area contributed by atoms with Crippen LogP contribution >= 0.6 is 11.3 Å². The van der Waals surface area contributed by atoms with Crippen LogP contribution in [0.5, 0.6) is 5.75 Å². The summed E-state index contributed by atoms with van der Waals surface area (Å²) < 4.78 is 29.6. The number of sulfone groups is 1. The molecule has 1 aliphatic rings. The first kappa shape index (κ1) is 20.7. The Morgan fingerprint density at radius 2 is 1.83 bits per heavy atom. The molecule has 1 aliphatic carbocycles. The number of hydrogen-bond acceptors (Lipinski definition) is 7. The number of nitrogens with zero attached hydrogens (tertiary/aromatic N) is 1. The number of H-pyrrole nitrogens is 1. The fourth-order valence-electron chi connectivity index (χ4n) is 3.93. The summed E-state index contributed by atoms with van der Waals surface area (Å²) in [6, 6.07) is 7.45. The first-order valence-electron chi connectivity index (χ1n) is 9.79. The van der Waals surface area contributed by atoms with Crippen molar-refractivity contribution in [1.82, 2.24) is 9.97 Å². The maximum absolute atomic E-state index is 12.8. The molecule has 0 radical (unpaired) electrons. The molecule has 2 heterocycles. The molecule has 1 saturated carbocycles. The predicted octanol–water partition coefficient (Wildman–Crippen LogP) is 3.96. The average molecular weight is 447 g/mol. The molecule has 2 aromatic heterocycles. The summed E-state index contributed by atoms with van der Waals surface area (Å²) in [5, 5.41) is -0.104. The van der Waals surface area contributed by atoms with Crippen LogP contribution < -0.4 is 10.3 Å². The molecule has 9 heteroatoms. The van der Waals surface area contributed by atoms with E-state index in [1.165, 1.54) is 37.7 Å². The third kappa shape index (κ3) is 4.04. The molecule has 0 spiro atoms. The van der Waals surface area contributed by atoms with E-state index in [9.17, 15) is 18.0 Å². The van der Waals surface area contributed by atoms with Gasteiger partial charge < -0.3 is 9.72 Å². The van der Waals surface area contributed by atoms with Gasteiger partial charge in [0.2, 0.25) is 0 Å². The van der Waals surface area contributed by atoms with Crippen LogP contribution in [0.4, 0.5) is 0 Å². The Kier molecular flexibility index (Phi) is 5.50. The van der Waals surface area contributed by atoms with Gasteiger partial charge in [-0.3, -0.25) is 4.79 Å². The minimum absolute atomic E-state index is 0.00372. The molecule has 3 aromatic rings. The van der Waals surface area contributed by atoms with Crippen molar-refractivity contribution in [3.8, 4) is 5.75 Å². The number of fused-ring (bicyclic) bond motifs is 1. The van der Waals surface area contributed by atoms with Crippen LogP contribution in [-0.2, 0) is 9.84 Å². The summed E-state index contributed by atoms with van der Waals surface area (Å²) >= 11 is 0.711. The lowest BCUT2D eigenvalue weighted by atomic mass is 9.84. The second-order valence-electron chi connectivity index (χ2n) is 7.66. The Morgan fingerprint density at radius 1 is 1.17 bits per heavy atom. The number of aryl methyl sites for hydroxylation is 1. The highest BCUT2D eigenvalue weighted by atomic mass is 32.2. The quantitative estimate of drug-likeness (QED) is 0.480. The number of benzene rings is 1. The smallest absolute Gasteiger partial charge is 0.356 e. The predicted molar refractivity (Wildman–Crippen MR) is 115 cm³/mol. The van der Waals surface area contributed by atoms with Gasteiger partial charge in [0.1, 0.15) is 26.2 Å². The molecule has 0 amide bonds. The zero-order valence-electron chi connectivity index (χ0n) is 16.7. The fourth-order valence-corrected chi connectivity index (χ4v) is 6.19. The molecule has 0 atom stereocenters. The van der Waals surface area contributed by atoms with Crippen molar-refractivity contribution in [3.05, 3.63) is 50.9 Å². The van der Waals surface area contributed by atoms with Crippen molar-refractivity contribution < 1.29 is 17.9 Å². The molecule has 0 saturated heterocycles. The number of aromatic nitrogens is 2. The van der Waals surface area contributed by atoms with Crippen LogP contribution in [0.25, 0.3) is 10.9 Å². The Hall–Kier alpha value is -2.52. The molecule has 7 nitrogen and oxygen atoms in total. The lowest BCUT2D eigenvalue weighted by Gasteiger charge is -2.21. The summed E-state index contributed by atoms with van der Waals surface area (Å²) in [4.78, 5) is 31.8. The van der Waals surface area contributed by atoms with Gasteiger partial charge in [0.05, 0.1) is 5.39 Å². The second-order valence-corrected chi connectivity index (χ2v) is 10.9. The molecular weight excluding hydrogens is 424 g/mol. The number of nitrogens with one attached hydrogen (secondary N) is 1. The number of carbonyl (C=O) groups is 1. The normalized spacial score (nSPS) is 15.4. The van der Waals surface area contributed by atoms with Crippen molar-refractivity contribution in [1.29, 1.82) is 0 Å². The number of esters is 1. The largest absolute Gasteiger partial charge is 0.422 e. The molecule has 1 fully saturated rings. The maximum Gasteiger partial charge on any atom is 0.356 e. The van der Waals surface area contributed by atoms with Crippen LogP contribution in [0, 0.1) is 6.92 Å². The molecule has 1 N–H and O–H groups in total. The zero-order chi connectivity index (χ0) is 21.5. The highest BCUT2D eigenvalue weighted by molar-refractivity contribution is 7.93. The maximum atomic E-state index is 12.8. The monoisotopic (exact) mass is 446 g/mol. The lowest BCUT2D eigenvalue weighted by Crippen LogP contribution is -2.13. The number of hydrogen-bond donors (Lipinski definition) is 1. The van der Waals surface area contributed by atoms with Gasteiger partial charge in [0, 0.05) is 6.26 Å². The average Bonchev–Trinajstić information content (AvgIpc) is 3.09.